The van der Waals surface area contributed by atoms with Gasteiger partial charge in [0.05, 0.1) is 0 Å². The van der Waals surface area contributed by atoms with E-state index in [1.807, 2.05) is 4.90 Å². The fraction of sp³-hybridized carbons (Fsp3) is 0.800. The fourth-order valence-corrected chi connectivity index (χ4v) is 1.64. The molecule has 1 atom stereocenters. The molecule has 15 heavy (non-hydrogen) atoms. The van der Waals surface area contributed by atoms with Crippen molar-refractivity contribution in [1.82, 2.24) is 10.2 Å². The van der Waals surface area contributed by atoms with Gasteiger partial charge in [-0.3, -0.25) is 9.59 Å². The third-order valence-corrected chi connectivity index (χ3v) is 2.63. The topological polar surface area (TPSA) is 49.4 Å². The molecule has 0 aromatic rings. The first-order valence-corrected chi connectivity index (χ1v) is 5.74. The van der Waals surface area contributed by atoms with Crippen molar-refractivity contribution in [1.29, 1.82) is 0 Å². The zero-order chi connectivity index (χ0) is 11.3. The van der Waals surface area contributed by atoms with Crippen molar-refractivity contribution in [3.05, 3.63) is 0 Å². The second-order valence-electron chi connectivity index (χ2n) is 3.74. The summed E-state index contributed by atoms with van der Waals surface area (Å²) in [6, 6.07) is 0. The van der Waals surface area contributed by atoms with Crippen LogP contribution >= 0.6 is 11.6 Å². The van der Waals surface area contributed by atoms with Crippen molar-refractivity contribution in [2.24, 2.45) is 0 Å². The molecule has 0 aromatic heterocycles. The molecule has 0 spiro atoms. The van der Waals surface area contributed by atoms with Crippen molar-refractivity contribution >= 4 is 23.4 Å². The maximum atomic E-state index is 11.2. The first-order valence-electron chi connectivity index (χ1n) is 5.31. The van der Waals surface area contributed by atoms with Gasteiger partial charge in [-0.2, -0.15) is 0 Å². The molecule has 1 fully saturated rings. The first-order chi connectivity index (χ1) is 7.11. The highest BCUT2D eigenvalue weighted by Gasteiger charge is 2.19. The minimum atomic E-state index is -0.488. The molecule has 1 aliphatic heterocycles. The minimum Gasteiger partial charge on any atom is -0.355 e. The molecule has 0 aliphatic carbocycles. The molecular weight excluding hydrogens is 216 g/mol. The molecule has 1 heterocycles. The lowest BCUT2D eigenvalue weighted by atomic mass is 10.3. The lowest BCUT2D eigenvalue weighted by Crippen LogP contribution is -2.33. The number of hydrogen-bond donors (Lipinski definition) is 1. The summed E-state index contributed by atoms with van der Waals surface area (Å²) in [5.41, 5.74) is 0. The summed E-state index contributed by atoms with van der Waals surface area (Å²) < 4.78 is 0. The lowest BCUT2D eigenvalue weighted by Gasteiger charge is -2.15. The number of alkyl halides is 1. The van der Waals surface area contributed by atoms with Gasteiger partial charge in [-0.25, -0.2) is 0 Å². The van der Waals surface area contributed by atoms with Crippen LogP contribution in [0.3, 0.4) is 0 Å². The summed E-state index contributed by atoms with van der Waals surface area (Å²) in [6.45, 7) is 3.81. The maximum absolute atomic E-state index is 11.2. The minimum absolute atomic E-state index is 0.149. The van der Waals surface area contributed by atoms with Gasteiger partial charge in [-0.05, 0) is 19.8 Å². The average Bonchev–Trinajstić information content (AvgIpc) is 2.58. The molecule has 1 saturated heterocycles. The Morgan fingerprint density at radius 1 is 1.67 bits per heavy atom. The van der Waals surface area contributed by atoms with E-state index >= 15 is 0 Å². The van der Waals surface area contributed by atoms with Crippen LogP contribution in [-0.2, 0) is 9.59 Å². The number of nitrogens with one attached hydrogen (secondary N) is 1. The van der Waals surface area contributed by atoms with Gasteiger partial charge in [0, 0.05) is 26.1 Å². The van der Waals surface area contributed by atoms with Crippen molar-refractivity contribution in [2.45, 2.75) is 31.6 Å². The van der Waals surface area contributed by atoms with E-state index in [1.54, 1.807) is 6.92 Å². The number of amides is 2. The van der Waals surface area contributed by atoms with Gasteiger partial charge in [0.2, 0.25) is 11.8 Å². The van der Waals surface area contributed by atoms with Crippen LogP contribution in [0.2, 0.25) is 0 Å². The van der Waals surface area contributed by atoms with E-state index in [-0.39, 0.29) is 11.8 Å². The summed E-state index contributed by atoms with van der Waals surface area (Å²) in [5.74, 6) is 0.0800. The fourth-order valence-electron chi connectivity index (χ4n) is 1.56. The third-order valence-electron chi connectivity index (χ3n) is 2.44. The Morgan fingerprint density at radius 3 is 2.93 bits per heavy atom. The monoisotopic (exact) mass is 232 g/mol. The average molecular weight is 233 g/mol. The Labute approximate surface area is 95.0 Å². The van der Waals surface area contributed by atoms with Gasteiger partial charge in [0.15, 0.2) is 0 Å². The van der Waals surface area contributed by atoms with Crippen LogP contribution in [0, 0.1) is 0 Å². The Balaban J connectivity index is 2.06. The number of hydrogen-bond acceptors (Lipinski definition) is 2. The number of rotatable bonds is 5. The number of nitrogens with zero attached hydrogens (tertiary/aromatic N) is 1. The van der Waals surface area contributed by atoms with E-state index in [2.05, 4.69) is 5.32 Å². The molecule has 0 radical (unpaired) electrons. The van der Waals surface area contributed by atoms with E-state index < -0.39 is 5.38 Å². The Kier molecular flexibility index (Phi) is 4.88. The third kappa shape index (κ3) is 4.08. The highest BCUT2D eigenvalue weighted by atomic mass is 35.5. The molecule has 1 aliphatic rings. The van der Waals surface area contributed by atoms with Gasteiger partial charge >= 0.3 is 0 Å². The van der Waals surface area contributed by atoms with Crippen LogP contribution in [0.15, 0.2) is 0 Å². The SMILES string of the molecule is CC(Cl)C(=O)NCCCN1CCCC1=O. The predicted octanol–water partition coefficient (Wildman–Crippen LogP) is 0.742. The molecule has 2 amide bonds. The summed E-state index contributed by atoms with van der Waals surface area (Å²) >= 11 is 5.58. The second-order valence-corrected chi connectivity index (χ2v) is 4.40. The van der Waals surface area contributed by atoms with E-state index in [0.29, 0.717) is 13.0 Å². The predicted molar refractivity (Wildman–Crippen MR) is 58.8 cm³/mol. The Hall–Kier alpha value is -0.770. The van der Waals surface area contributed by atoms with Crippen LogP contribution in [0.25, 0.3) is 0 Å². The lowest BCUT2D eigenvalue weighted by molar-refractivity contribution is -0.127. The Morgan fingerprint density at radius 2 is 2.40 bits per heavy atom. The highest BCUT2D eigenvalue weighted by molar-refractivity contribution is 6.30. The number of halogens is 1. The van der Waals surface area contributed by atoms with Crippen molar-refractivity contribution < 1.29 is 9.59 Å². The van der Waals surface area contributed by atoms with Crippen LogP contribution < -0.4 is 5.32 Å². The molecule has 86 valence electrons. The van der Waals surface area contributed by atoms with Crippen LogP contribution in [0.5, 0.6) is 0 Å². The molecule has 1 N–H and O–H groups in total. The van der Waals surface area contributed by atoms with Crippen LogP contribution in [0.4, 0.5) is 0 Å². The number of carbonyl (C=O) groups excluding carboxylic acids is 2. The number of likely N-dealkylation sites (tertiary alicyclic amines) is 1. The van der Waals surface area contributed by atoms with Crippen molar-refractivity contribution in [2.75, 3.05) is 19.6 Å². The zero-order valence-electron chi connectivity index (χ0n) is 8.96. The van der Waals surface area contributed by atoms with Gasteiger partial charge in [-0.1, -0.05) is 0 Å². The summed E-state index contributed by atoms with van der Waals surface area (Å²) in [5, 5.41) is 2.22. The molecule has 5 heteroatoms. The van der Waals surface area contributed by atoms with Gasteiger partial charge in [0.1, 0.15) is 5.38 Å². The Bertz CT molecular complexity index is 244. The summed E-state index contributed by atoms with van der Waals surface area (Å²) in [6.07, 6.45) is 2.43. The van der Waals surface area contributed by atoms with E-state index in [4.69, 9.17) is 11.6 Å². The zero-order valence-corrected chi connectivity index (χ0v) is 9.72. The molecule has 4 nitrogen and oxygen atoms in total. The molecule has 1 unspecified atom stereocenters. The molecule has 0 aromatic carbocycles. The van der Waals surface area contributed by atoms with Gasteiger partial charge in [0.25, 0.3) is 0 Å². The smallest absolute Gasteiger partial charge is 0.237 e. The summed E-state index contributed by atoms with van der Waals surface area (Å²) in [4.78, 5) is 24.2. The van der Waals surface area contributed by atoms with E-state index in [9.17, 15) is 9.59 Å². The van der Waals surface area contributed by atoms with Crippen LogP contribution in [0.1, 0.15) is 26.2 Å². The van der Waals surface area contributed by atoms with Gasteiger partial charge in [-0.15, -0.1) is 11.6 Å². The van der Waals surface area contributed by atoms with E-state index in [0.717, 1.165) is 25.9 Å². The van der Waals surface area contributed by atoms with Gasteiger partial charge < -0.3 is 10.2 Å². The molecular formula is C10H17ClN2O2. The highest BCUT2D eigenvalue weighted by Crippen LogP contribution is 2.09. The van der Waals surface area contributed by atoms with E-state index in [1.165, 1.54) is 0 Å². The largest absolute Gasteiger partial charge is 0.355 e. The first kappa shape index (κ1) is 12.3. The number of carbonyl (C=O) groups is 2. The second kappa shape index (κ2) is 5.95. The van der Waals surface area contributed by atoms with Crippen molar-refractivity contribution in [3.8, 4) is 0 Å². The van der Waals surface area contributed by atoms with Crippen molar-refractivity contribution in [3.63, 3.8) is 0 Å². The molecule has 0 bridgehead atoms. The normalized spacial score (nSPS) is 18.0. The van der Waals surface area contributed by atoms with Crippen LogP contribution in [-0.4, -0.2) is 41.7 Å². The molecule has 0 saturated carbocycles. The standard InChI is InChI=1S/C10H17ClN2O2/c1-8(11)10(15)12-5-3-7-13-6-2-4-9(13)14/h8H,2-7H2,1H3,(H,12,15). The molecule has 1 rings (SSSR count). The quantitative estimate of drug-likeness (QED) is 0.562. The maximum Gasteiger partial charge on any atom is 0.237 e. The summed E-state index contributed by atoms with van der Waals surface area (Å²) in [7, 11) is 0.